The minimum atomic E-state index is -3.67. The zero-order chi connectivity index (χ0) is 14.3. The summed E-state index contributed by atoms with van der Waals surface area (Å²) in [5, 5.41) is 0. The van der Waals surface area contributed by atoms with E-state index in [0.29, 0.717) is 5.56 Å². The van der Waals surface area contributed by atoms with Gasteiger partial charge in [-0.3, -0.25) is 18.4 Å². The molecule has 0 N–H and O–H groups in total. The van der Waals surface area contributed by atoms with Crippen LogP contribution in [0.1, 0.15) is 31.1 Å². The number of hydrogen-bond donors (Lipinski definition) is 0. The van der Waals surface area contributed by atoms with E-state index in [0.717, 1.165) is 0 Å². The first-order valence-electron chi connectivity index (χ1n) is 6.19. The van der Waals surface area contributed by atoms with Crippen LogP contribution in [-0.2, 0) is 18.1 Å². The zero-order valence-electron chi connectivity index (χ0n) is 11.4. The molecule has 0 saturated carbocycles. The normalized spacial score (nSPS) is 13.2. The molecular formula is C13H19O5P. The van der Waals surface area contributed by atoms with Gasteiger partial charge in [0.15, 0.2) is 5.78 Å². The number of carbonyl (C=O) groups excluding carboxylic acids is 1. The highest BCUT2D eigenvalue weighted by Gasteiger charge is 2.31. The van der Waals surface area contributed by atoms with Crippen LogP contribution in [0.15, 0.2) is 30.3 Å². The Hall–Kier alpha value is -1.00. The number of phosphoric ester groups is 1. The summed E-state index contributed by atoms with van der Waals surface area (Å²) in [7, 11) is -3.67. The Bertz CT molecular complexity index is 436. The van der Waals surface area contributed by atoms with Crippen LogP contribution >= 0.6 is 7.82 Å². The fourth-order valence-electron chi connectivity index (χ4n) is 1.49. The fourth-order valence-corrected chi connectivity index (χ4v) is 2.80. The molecule has 0 aliphatic heterocycles. The van der Waals surface area contributed by atoms with Crippen molar-refractivity contribution >= 4 is 13.6 Å². The van der Waals surface area contributed by atoms with Gasteiger partial charge in [0.1, 0.15) is 6.10 Å². The maximum atomic E-state index is 12.1. The van der Waals surface area contributed by atoms with Gasteiger partial charge in [-0.15, -0.1) is 0 Å². The third-order valence-electron chi connectivity index (χ3n) is 2.29. The lowest BCUT2D eigenvalue weighted by Gasteiger charge is -2.20. The van der Waals surface area contributed by atoms with Crippen molar-refractivity contribution in [3.05, 3.63) is 35.9 Å². The van der Waals surface area contributed by atoms with E-state index in [1.54, 1.807) is 38.1 Å². The van der Waals surface area contributed by atoms with Crippen LogP contribution in [0.3, 0.4) is 0 Å². The van der Waals surface area contributed by atoms with E-state index in [1.807, 2.05) is 6.07 Å². The fraction of sp³-hybridized carbons (Fsp3) is 0.462. The van der Waals surface area contributed by atoms with Crippen LogP contribution in [0.2, 0.25) is 0 Å². The number of hydrogen-bond acceptors (Lipinski definition) is 5. The monoisotopic (exact) mass is 286 g/mol. The Labute approximate surface area is 113 Å². The van der Waals surface area contributed by atoms with Crippen LogP contribution in [0.25, 0.3) is 0 Å². The molecule has 0 amide bonds. The molecule has 0 saturated heterocycles. The third-order valence-corrected chi connectivity index (χ3v) is 4.01. The Morgan fingerprint density at radius 3 is 2.16 bits per heavy atom. The molecule has 5 nitrogen and oxygen atoms in total. The van der Waals surface area contributed by atoms with Crippen molar-refractivity contribution in [2.75, 3.05) is 13.2 Å². The van der Waals surface area contributed by atoms with Crippen molar-refractivity contribution in [2.45, 2.75) is 26.9 Å². The summed E-state index contributed by atoms with van der Waals surface area (Å²) in [5.41, 5.74) is 0.495. The maximum Gasteiger partial charge on any atom is 0.475 e. The average Bonchev–Trinajstić information content (AvgIpc) is 2.39. The lowest BCUT2D eigenvalue weighted by molar-refractivity contribution is 0.0637. The number of rotatable bonds is 8. The van der Waals surface area contributed by atoms with Gasteiger partial charge in [-0.25, -0.2) is 4.57 Å². The van der Waals surface area contributed by atoms with Crippen molar-refractivity contribution in [3.8, 4) is 0 Å². The average molecular weight is 286 g/mol. The van der Waals surface area contributed by atoms with Crippen molar-refractivity contribution in [1.82, 2.24) is 0 Å². The minimum absolute atomic E-state index is 0.184. The van der Waals surface area contributed by atoms with E-state index in [4.69, 9.17) is 13.6 Å². The largest absolute Gasteiger partial charge is 0.475 e. The summed E-state index contributed by atoms with van der Waals surface area (Å²) < 4.78 is 27.3. The van der Waals surface area contributed by atoms with E-state index in [2.05, 4.69) is 0 Å². The molecule has 106 valence electrons. The molecule has 1 atom stereocenters. The van der Waals surface area contributed by atoms with Crippen molar-refractivity contribution in [3.63, 3.8) is 0 Å². The highest BCUT2D eigenvalue weighted by Crippen LogP contribution is 2.50. The number of ketones is 1. The number of Topliss-reactive ketones (excluding diaryl/α,β-unsaturated/α-hetero) is 1. The molecule has 0 aliphatic carbocycles. The quantitative estimate of drug-likeness (QED) is 0.541. The number of carbonyl (C=O) groups is 1. The van der Waals surface area contributed by atoms with E-state index in [-0.39, 0.29) is 19.0 Å². The van der Waals surface area contributed by atoms with Gasteiger partial charge in [-0.2, -0.15) is 0 Å². The smallest absolute Gasteiger partial charge is 0.291 e. The van der Waals surface area contributed by atoms with E-state index in [9.17, 15) is 9.36 Å². The predicted octanol–water partition coefficient (Wildman–Crippen LogP) is 3.46. The van der Waals surface area contributed by atoms with Crippen molar-refractivity contribution in [1.29, 1.82) is 0 Å². The predicted molar refractivity (Wildman–Crippen MR) is 72.2 cm³/mol. The van der Waals surface area contributed by atoms with Gasteiger partial charge in [-0.05, 0) is 20.8 Å². The molecule has 6 heteroatoms. The second-order valence-electron chi connectivity index (χ2n) is 3.76. The van der Waals surface area contributed by atoms with Crippen molar-refractivity contribution in [2.24, 2.45) is 0 Å². The standard InChI is InChI=1S/C13H19O5P/c1-4-16-19(15,17-5-2)18-11(3)13(14)12-9-7-6-8-10-12/h6-11H,4-5H2,1-3H3. The van der Waals surface area contributed by atoms with Crippen LogP contribution in [0.5, 0.6) is 0 Å². The molecule has 0 heterocycles. The number of phosphoric acid groups is 1. The second-order valence-corrected chi connectivity index (χ2v) is 5.38. The second kappa shape index (κ2) is 7.56. The Balaban J connectivity index is 2.75. The molecule has 0 bridgehead atoms. The SMILES string of the molecule is CCOP(=O)(OCC)OC(C)C(=O)c1ccccc1. The molecular weight excluding hydrogens is 267 g/mol. The first-order chi connectivity index (χ1) is 9.02. The Morgan fingerprint density at radius 2 is 1.68 bits per heavy atom. The summed E-state index contributed by atoms with van der Waals surface area (Å²) in [5.74, 6) is -0.264. The summed E-state index contributed by atoms with van der Waals surface area (Å²) in [6, 6.07) is 8.67. The summed E-state index contributed by atoms with van der Waals surface area (Å²) in [6.07, 6.45) is -0.897. The van der Waals surface area contributed by atoms with Gasteiger partial charge >= 0.3 is 7.82 Å². The van der Waals surface area contributed by atoms with E-state index in [1.165, 1.54) is 6.92 Å². The molecule has 0 aliphatic rings. The third kappa shape index (κ3) is 4.88. The van der Waals surface area contributed by atoms with Gasteiger partial charge in [0.2, 0.25) is 0 Å². The molecule has 1 aromatic rings. The first kappa shape index (κ1) is 16.1. The maximum absolute atomic E-state index is 12.1. The minimum Gasteiger partial charge on any atom is -0.291 e. The lowest BCUT2D eigenvalue weighted by Crippen LogP contribution is -2.21. The topological polar surface area (TPSA) is 61.8 Å². The number of benzene rings is 1. The van der Waals surface area contributed by atoms with Gasteiger partial charge < -0.3 is 0 Å². The molecule has 1 unspecified atom stereocenters. The molecule has 19 heavy (non-hydrogen) atoms. The van der Waals surface area contributed by atoms with Gasteiger partial charge in [0.25, 0.3) is 0 Å². The summed E-state index contributed by atoms with van der Waals surface area (Å²) in [4.78, 5) is 12.1. The van der Waals surface area contributed by atoms with Crippen LogP contribution in [-0.4, -0.2) is 25.1 Å². The molecule has 1 rings (SSSR count). The Morgan fingerprint density at radius 1 is 1.16 bits per heavy atom. The van der Waals surface area contributed by atoms with Gasteiger partial charge in [-0.1, -0.05) is 30.3 Å². The van der Waals surface area contributed by atoms with E-state index < -0.39 is 13.9 Å². The molecule has 0 spiro atoms. The zero-order valence-corrected chi connectivity index (χ0v) is 12.3. The van der Waals surface area contributed by atoms with Crippen LogP contribution in [0.4, 0.5) is 0 Å². The first-order valence-corrected chi connectivity index (χ1v) is 7.65. The Kier molecular flexibility index (Phi) is 6.38. The summed E-state index contributed by atoms with van der Waals surface area (Å²) >= 11 is 0. The highest BCUT2D eigenvalue weighted by molar-refractivity contribution is 7.48. The lowest BCUT2D eigenvalue weighted by atomic mass is 10.1. The molecule has 0 radical (unpaired) electrons. The molecule has 1 aromatic carbocycles. The van der Waals surface area contributed by atoms with Gasteiger partial charge in [0, 0.05) is 5.56 Å². The van der Waals surface area contributed by atoms with Crippen LogP contribution < -0.4 is 0 Å². The van der Waals surface area contributed by atoms with Crippen molar-refractivity contribution < 1.29 is 22.9 Å². The molecule has 0 aromatic heterocycles. The summed E-state index contributed by atoms with van der Waals surface area (Å²) in [6.45, 7) is 5.25. The van der Waals surface area contributed by atoms with Gasteiger partial charge in [0.05, 0.1) is 13.2 Å². The van der Waals surface area contributed by atoms with Crippen LogP contribution in [0, 0.1) is 0 Å². The highest BCUT2D eigenvalue weighted by atomic mass is 31.2. The van der Waals surface area contributed by atoms with E-state index >= 15 is 0 Å². The molecule has 0 fully saturated rings.